The molecule has 0 heterocycles. The summed E-state index contributed by atoms with van der Waals surface area (Å²) in [4.78, 5) is 13.7. The summed E-state index contributed by atoms with van der Waals surface area (Å²) in [6, 6.07) is 11.9. The fourth-order valence-electron chi connectivity index (χ4n) is 2.18. The van der Waals surface area contributed by atoms with E-state index in [9.17, 15) is 4.79 Å². The molecule has 0 aliphatic carbocycles. The third-order valence-electron chi connectivity index (χ3n) is 3.44. The maximum Gasteiger partial charge on any atom is 0.194 e. The van der Waals surface area contributed by atoms with Crippen molar-refractivity contribution in [2.24, 2.45) is 0 Å². The van der Waals surface area contributed by atoms with Gasteiger partial charge < -0.3 is 0 Å². The van der Waals surface area contributed by atoms with Gasteiger partial charge >= 0.3 is 0 Å². The van der Waals surface area contributed by atoms with Crippen molar-refractivity contribution in [3.8, 4) is 0 Å². The molecule has 1 nitrogen and oxygen atoms in total. The van der Waals surface area contributed by atoms with E-state index in [0.717, 1.165) is 27.1 Å². The summed E-state index contributed by atoms with van der Waals surface area (Å²) in [7, 11) is 0. The highest BCUT2D eigenvalue weighted by Gasteiger charge is 2.15. The van der Waals surface area contributed by atoms with E-state index in [1.54, 1.807) is 11.8 Å². The molecule has 0 unspecified atom stereocenters. The van der Waals surface area contributed by atoms with Crippen molar-refractivity contribution in [3.05, 3.63) is 64.2 Å². The number of ketones is 1. The van der Waals surface area contributed by atoms with Gasteiger partial charge in [-0.05, 0) is 61.9 Å². The van der Waals surface area contributed by atoms with Gasteiger partial charge in [0.05, 0.1) is 0 Å². The highest BCUT2D eigenvalue weighted by atomic mass is 32.2. The van der Waals surface area contributed by atoms with E-state index in [-0.39, 0.29) is 5.78 Å². The minimum atomic E-state index is 0.116. The highest BCUT2D eigenvalue weighted by molar-refractivity contribution is 7.98. The van der Waals surface area contributed by atoms with Gasteiger partial charge in [0.25, 0.3) is 0 Å². The second-order valence-electron chi connectivity index (χ2n) is 4.78. The van der Waals surface area contributed by atoms with Crippen molar-refractivity contribution >= 4 is 17.5 Å². The Morgan fingerprint density at radius 2 is 1.53 bits per heavy atom. The molecule has 0 spiro atoms. The molecule has 2 rings (SSSR count). The molecule has 0 fully saturated rings. The van der Waals surface area contributed by atoms with Crippen LogP contribution in [-0.2, 0) is 0 Å². The fraction of sp³-hybridized carbons (Fsp3) is 0.235. The summed E-state index contributed by atoms with van der Waals surface area (Å²) in [5.41, 5.74) is 5.04. The first-order chi connectivity index (χ1) is 9.04. The summed E-state index contributed by atoms with van der Waals surface area (Å²) in [5.74, 6) is 0.116. The van der Waals surface area contributed by atoms with Crippen LogP contribution < -0.4 is 0 Å². The average molecular weight is 270 g/mol. The van der Waals surface area contributed by atoms with E-state index < -0.39 is 0 Å². The van der Waals surface area contributed by atoms with Crippen molar-refractivity contribution in [1.82, 2.24) is 0 Å². The second-order valence-corrected chi connectivity index (χ2v) is 5.63. The van der Waals surface area contributed by atoms with Crippen LogP contribution in [0.5, 0.6) is 0 Å². The first-order valence-corrected chi connectivity index (χ1v) is 7.52. The van der Waals surface area contributed by atoms with Crippen LogP contribution in [0.2, 0.25) is 0 Å². The van der Waals surface area contributed by atoms with Crippen LogP contribution in [0.4, 0.5) is 0 Å². The molecular weight excluding hydrogens is 252 g/mol. The number of aryl methyl sites for hydroxylation is 3. The van der Waals surface area contributed by atoms with Gasteiger partial charge in [0, 0.05) is 16.0 Å². The van der Waals surface area contributed by atoms with Crippen molar-refractivity contribution in [2.75, 3.05) is 6.26 Å². The molecule has 2 heteroatoms. The van der Waals surface area contributed by atoms with Gasteiger partial charge in [0.15, 0.2) is 5.78 Å². The smallest absolute Gasteiger partial charge is 0.194 e. The van der Waals surface area contributed by atoms with E-state index in [4.69, 9.17) is 0 Å². The summed E-state index contributed by atoms with van der Waals surface area (Å²) >= 11 is 1.61. The van der Waals surface area contributed by atoms with Crippen molar-refractivity contribution < 1.29 is 4.79 Å². The van der Waals surface area contributed by atoms with Gasteiger partial charge in [-0.15, -0.1) is 11.8 Å². The van der Waals surface area contributed by atoms with Gasteiger partial charge in [0.2, 0.25) is 0 Å². The van der Waals surface area contributed by atoms with Crippen LogP contribution in [-0.4, -0.2) is 12.0 Å². The maximum absolute atomic E-state index is 12.7. The molecule has 19 heavy (non-hydrogen) atoms. The first kappa shape index (κ1) is 13.9. The molecule has 0 atom stereocenters. The zero-order valence-corrected chi connectivity index (χ0v) is 12.6. The predicted molar refractivity (Wildman–Crippen MR) is 82.3 cm³/mol. The second kappa shape index (κ2) is 5.62. The van der Waals surface area contributed by atoms with Crippen molar-refractivity contribution in [3.63, 3.8) is 0 Å². The Bertz CT molecular complexity index is 629. The van der Waals surface area contributed by atoms with Crippen molar-refractivity contribution in [1.29, 1.82) is 0 Å². The Morgan fingerprint density at radius 3 is 2.21 bits per heavy atom. The number of hydrogen-bond donors (Lipinski definition) is 0. The third kappa shape index (κ3) is 2.74. The Kier molecular flexibility index (Phi) is 4.11. The monoisotopic (exact) mass is 270 g/mol. The summed E-state index contributed by atoms with van der Waals surface area (Å²) in [6.07, 6.45) is 2.00. The quantitative estimate of drug-likeness (QED) is 0.600. The topological polar surface area (TPSA) is 17.1 Å². The molecule has 0 aliphatic rings. The molecular formula is C17H18OS. The molecule has 2 aromatic rings. The third-order valence-corrected chi connectivity index (χ3v) is 4.23. The SMILES string of the molecule is CSc1ccccc1C(=O)c1cc(C)c(C)cc1C. The number of hydrogen-bond acceptors (Lipinski definition) is 2. The lowest BCUT2D eigenvalue weighted by atomic mass is 9.95. The van der Waals surface area contributed by atoms with E-state index in [0.29, 0.717) is 0 Å². The number of carbonyl (C=O) groups is 1. The maximum atomic E-state index is 12.7. The van der Waals surface area contributed by atoms with E-state index in [2.05, 4.69) is 13.0 Å². The van der Waals surface area contributed by atoms with Crippen LogP contribution >= 0.6 is 11.8 Å². The minimum Gasteiger partial charge on any atom is -0.289 e. The van der Waals surface area contributed by atoms with E-state index >= 15 is 0 Å². The van der Waals surface area contributed by atoms with Gasteiger partial charge in [0.1, 0.15) is 0 Å². The first-order valence-electron chi connectivity index (χ1n) is 6.30. The Morgan fingerprint density at radius 1 is 0.895 bits per heavy atom. The molecule has 0 aromatic heterocycles. The van der Waals surface area contributed by atoms with Crippen LogP contribution in [0.1, 0.15) is 32.6 Å². The number of thioether (sulfide) groups is 1. The van der Waals surface area contributed by atoms with Gasteiger partial charge in [-0.1, -0.05) is 18.2 Å². The van der Waals surface area contributed by atoms with Gasteiger partial charge in [-0.25, -0.2) is 0 Å². The largest absolute Gasteiger partial charge is 0.289 e. The van der Waals surface area contributed by atoms with Crippen LogP contribution in [0.25, 0.3) is 0 Å². The molecule has 98 valence electrons. The lowest BCUT2D eigenvalue weighted by molar-refractivity contribution is 0.103. The molecule has 0 radical (unpaired) electrons. The summed E-state index contributed by atoms with van der Waals surface area (Å²) < 4.78 is 0. The zero-order chi connectivity index (χ0) is 14.0. The lowest BCUT2D eigenvalue weighted by Crippen LogP contribution is -2.06. The number of carbonyl (C=O) groups excluding carboxylic acids is 1. The molecule has 0 N–H and O–H groups in total. The Hall–Kier alpha value is -1.54. The molecule has 0 saturated carbocycles. The van der Waals surface area contributed by atoms with Gasteiger partial charge in [-0.3, -0.25) is 4.79 Å². The average Bonchev–Trinajstić information content (AvgIpc) is 2.42. The van der Waals surface area contributed by atoms with Crippen LogP contribution in [0, 0.1) is 20.8 Å². The summed E-state index contributed by atoms with van der Waals surface area (Å²) in [5, 5.41) is 0. The standard InChI is InChI=1S/C17H18OS/c1-11-9-13(3)15(10-12(11)2)17(18)14-7-5-6-8-16(14)19-4/h5-10H,1-4H3. The number of rotatable bonds is 3. The summed E-state index contributed by atoms with van der Waals surface area (Å²) in [6.45, 7) is 6.12. The van der Waals surface area contributed by atoms with Crippen LogP contribution in [0.15, 0.2) is 41.3 Å². The minimum absolute atomic E-state index is 0.116. The molecule has 2 aromatic carbocycles. The van der Waals surface area contributed by atoms with E-state index in [1.807, 2.05) is 50.4 Å². The fourth-order valence-corrected chi connectivity index (χ4v) is 2.78. The van der Waals surface area contributed by atoms with Gasteiger partial charge in [-0.2, -0.15) is 0 Å². The molecule has 0 amide bonds. The normalized spacial score (nSPS) is 10.5. The highest BCUT2D eigenvalue weighted by Crippen LogP contribution is 2.25. The van der Waals surface area contributed by atoms with Crippen LogP contribution in [0.3, 0.4) is 0 Å². The molecule has 0 bridgehead atoms. The zero-order valence-electron chi connectivity index (χ0n) is 11.8. The van der Waals surface area contributed by atoms with E-state index in [1.165, 1.54) is 5.56 Å². The lowest BCUT2D eigenvalue weighted by Gasteiger charge is -2.11. The number of benzene rings is 2. The Labute approximate surface area is 119 Å². The predicted octanol–water partition coefficient (Wildman–Crippen LogP) is 4.56. The molecule has 0 saturated heterocycles. The Balaban J connectivity index is 2.53. The molecule has 0 aliphatic heterocycles. The van der Waals surface area contributed by atoms with Crippen molar-refractivity contribution in [2.45, 2.75) is 25.7 Å².